The van der Waals surface area contributed by atoms with E-state index in [9.17, 15) is 4.79 Å². The van der Waals surface area contributed by atoms with Gasteiger partial charge in [0.1, 0.15) is 0 Å². The number of hydrogen-bond acceptors (Lipinski definition) is 2. The summed E-state index contributed by atoms with van der Waals surface area (Å²) in [5, 5.41) is 0. The van der Waals surface area contributed by atoms with Crippen molar-refractivity contribution in [3.05, 3.63) is 35.4 Å². The van der Waals surface area contributed by atoms with Crippen LogP contribution in [-0.2, 0) is 16.8 Å². The van der Waals surface area contributed by atoms with Crippen LogP contribution in [0, 0.1) is 0 Å². The topological polar surface area (TPSA) is 43.1 Å². The van der Waals surface area contributed by atoms with Crippen LogP contribution in [0.3, 0.4) is 0 Å². The lowest BCUT2D eigenvalue weighted by molar-refractivity contribution is -0.124. The van der Waals surface area contributed by atoms with Gasteiger partial charge in [0.25, 0.3) is 0 Å². The van der Waals surface area contributed by atoms with Gasteiger partial charge in [0.15, 0.2) is 5.78 Å². The van der Waals surface area contributed by atoms with E-state index in [1.807, 2.05) is 24.3 Å². The zero-order valence-electron chi connectivity index (χ0n) is 7.71. The highest BCUT2D eigenvalue weighted by atomic mass is 16.1. The number of carbonyl (C=O) groups excluding carboxylic acids is 1. The van der Waals surface area contributed by atoms with E-state index in [1.54, 1.807) is 6.92 Å². The lowest BCUT2D eigenvalue weighted by Gasteiger charge is -2.30. The molecule has 0 fully saturated rings. The maximum atomic E-state index is 11.6. The van der Waals surface area contributed by atoms with Crippen LogP contribution in [0.5, 0.6) is 0 Å². The average molecular weight is 175 g/mol. The minimum Gasteiger partial charge on any atom is -0.315 e. The first-order valence-corrected chi connectivity index (χ1v) is 4.53. The standard InChI is InChI=1S/C11H13NO/c1-11(12)9-5-3-2-4-8(9)6-7-10(11)13/h2-5H,6-7,12H2,1H3/t11-/m0/s1. The molecule has 1 aromatic carbocycles. The first-order chi connectivity index (χ1) is 6.12. The fourth-order valence-corrected chi connectivity index (χ4v) is 1.90. The predicted octanol–water partition coefficient (Wildman–Crippen LogP) is 1.38. The minimum atomic E-state index is -0.769. The summed E-state index contributed by atoms with van der Waals surface area (Å²) in [6.45, 7) is 1.80. The van der Waals surface area contributed by atoms with Crippen LogP contribution in [0.1, 0.15) is 24.5 Å². The molecule has 0 unspecified atom stereocenters. The monoisotopic (exact) mass is 175 g/mol. The van der Waals surface area contributed by atoms with E-state index in [2.05, 4.69) is 0 Å². The zero-order valence-corrected chi connectivity index (χ0v) is 7.71. The molecule has 2 N–H and O–H groups in total. The first kappa shape index (κ1) is 8.45. The molecule has 0 radical (unpaired) electrons. The maximum Gasteiger partial charge on any atom is 0.157 e. The van der Waals surface area contributed by atoms with Crippen LogP contribution < -0.4 is 5.73 Å². The third-order valence-corrected chi connectivity index (χ3v) is 2.78. The molecule has 2 nitrogen and oxygen atoms in total. The summed E-state index contributed by atoms with van der Waals surface area (Å²) >= 11 is 0. The molecule has 0 heterocycles. The van der Waals surface area contributed by atoms with Gasteiger partial charge in [-0.25, -0.2) is 0 Å². The highest BCUT2D eigenvalue weighted by Crippen LogP contribution is 2.29. The van der Waals surface area contributed by atoms with Gasteiger partial charge in [-0.1, -0.05) is 24.3 Å². The summed E-state index contributed by atoms with van der Waals surface area (Å²) in [6, 6.07) is 7.92. The first-order valence-electron chi connectivity index (χ1n) is 4.53. The van der Waals surface area contributed by atoms with Crippen molar-refractivity contribution in [3.63, 3.8) is 0 Å². The molecule has 2 rings (SSSR count). The minimum absolute atomic E-state index is 0.145. The Balaban J connectivity index is 2.59. The number of carbonyl (C=O) groups is 1. The van der Waals surface area contributed by atoms with Crippen LogP contribution in [0.25, 0.3) is 0 Å². The summed E-state index contributed by atoms with van der Waals surface area (Å²) < 4.78 is 0. The van der Waals surface area contributed by atoms with E-state index in [4.69, 9.17) is 5.73 Å². The summed E-state index contributed by atoms with van der Waals surface area (Å²) in [5.74, 6) is 0.145. The number of benzene rings is 1. The smallest absolute Gasteiger partial charge is 0.157 e. The van der Waals surface area contributed by atoms with Gasteiger partial charge in [0.05, 0.1) is 5.54 Å². The van der Waals surface area contributed by atoms with Gasteiger partial charge in [0, 0.05) is 6.42 Å². The second kappa shape index (κ2) is 2.67. The number of fused-ring (bicyclic) bond motifs is 1. The van der Waals surface area contributed by atoms with Crippen molar-refractivity contribution in [2.45, 2.75) is 25.3 Å². The Bertz CT molecular complexity index is 355. The molecular formula is C11H13NO. The van der Waals surface area contributed by atoms with E-state index in [0.29, 0.717) is 6.42 Å². The van der Waals surface area contributed by atoms with Crippen LogP contribution >= 0.6 is 0 Å². The molecule has 0 aliphatic heterocycles. The van der Waals surface area contributed by atoms with Gasteiger partial charge in [-0.15, -0.1) is 0 Å². The fraction of sp³-hybridized carbons (Fsp3) is 0.364. The molecule has 0 bridgehead atoms. The Morgan fingerprint density at radius 2 is 2.00 bits per heavy atom. The second-order valence-electron chi connectivity index (χ2n) is 3.78. The number of ketones is 1. The molecule has 13 heavy (non-hydrogen) atoms. The maximum absolute atomic E-state index is 11.6. The molecular weight excluding hydrogens is 162 g/mol. The lowest BCUT2D eigenvalue weighted by atomic mass is 9.78. The summed E-state index contributed by atoms with van der Waals surface area (Å²) in [5.41, 5.74) is 7.42. The summed E-state index contributed by atoms with van der Waals surface area (Å²) in [4.78, 5) is 11.6. The van der Waals surface area contributed by atoms with Crippen molar-refractivity contribution in [1.82, 2.24) is 0 Å². The van der Waals surface area contributed by atoms with E-state index >= 15 is 0 Å². The lowest BCUT2D eigenvalue weighted by Crippen LogP contribution is -2.45. The third kappa shape index (κ3) is 1.18. The van der Waals surface area contributed by atoms with Gasteiger partial charge >= 0.3 is 0 Å². The Morgan fingerprint density at radius 1 is 1.31 bits per heavy atom. The Labute approximate surface area is 77.8 Å². The molecule has 2 heteroatoms. The zero-order chi connectivity index (χ0) is 9.47. The van der Waals surface area contributed by atoms with Gasteiger partial charge in [0.2, 0.25) is 0 Å². The highest BCUT2D eigenvalue weighted by molar-refractivity contribution is 5.91. The van der Waals surface area contributed by atoms with E-state index in [1.165, 1.54) is 5.56 Å². The third-order valence-electron chi connectivity index (χ3n) is 2.78. The second-order valence-corrected chi connectivity index (χ2v) is 3.78. The molecule has 1 aliphatic rings. The number of hydrogen-bond donors (Lipinski definition) is 1. The van der Waals surface area contributed by atoms with E-state index in [0.717, 1.165) is 12.0 Å². The predicted molar refractivity (Wildman–Crippen MR) is 51.3 cm³/mol. The highest BCUT2D eigenvalue weighted by Gasteiger charge is 2.35. The molecule has 0 aromatic heterocycles. The van der Waals surface area contributed by atoms with Gasteiger partial charge in [-0.2, -0.15) is 0 Å². The number of rotatable bonds is 0. The fourth-order valence-electron chi connectivity index (χ4n) is 1.90. The van der Waals surface area contributed by atoms with Crippen molar-refractivity contribution < 1.29 is 4.79 Å². The van der Waals surface area contributed by atoms with Crippen molar-refractivity contribution >= 4 is 5.78 Å². The number of Topliss-reactive ketones (excluding diaryl/α,β-unsaturated/α-hetero) is 1. The van der Waals surface area contributed by atoms with Gasteiger partial charge in [-0.3, -0.25) is 4.79 Å². The SMILES string of the molecule is C[C@@]1(N)C(=O)CCc2ccccc21. The molecule has 1 atom stereocenters. The van der Waals surface area contributed by atoms with Crippen LogP contribution in [0.2, 0.25) is 0 Å². The molecule has 1 aliphatic carbocycles. The Kier molecular flexibility index (Phi) is 1.74. The van der Waals surface area contributed by atoms with Crippen LogP contribution in [0.4, 0.5) is 0 Å². The van der Waals surface area contributed by atoms with Crippen molar-refractivity contribution in [3.8, 4) is 0 Å². The van der Waals surface area contributed by atoms with Crippen molar-refractivity contribution in [2.24, 2.45) is 5.73 Å². The molecule has 0 saturated carbocycles. The largest absolute Gasteiger partial charge is 0.315 e. The van der Waals surface area contributed by atoms with Gasteiger partial charge < -0.3 is 5.73 Å². The summed E-state index contributed by atoms with van der Waals surface area (Å²) in [7, 11) is 0. The van der Waals surface area contributed by atoms with E-state index in [-0.39, 0.29) is 5.78 Å². The van der Waals surface area contributed by atoms with E-state index < -0.39 is 5.54 Å². The molecule has 0 amide bonds. The van der Waals surface area contributed by atoms with Gasteiger partial charge in [-0.05, 0) is 24.5 Å². The molecule has 68 valence electrons. The number of aryl methyl sites for hydroxylation is 1. The molecule has 0 saturated heterocycles. The average Bonchev–Trinajstić information content (AvgIpc) is 2.13. The molecule has 0 spiro atoms. The Hall–Kier alpha value is -1.15. The number of nitrogens with two attached hydrogens (primary N) is 1. The van der Waals surface area contributed by atoms with Crippen molar-refractivity contribution in [1.29, 1.82) is 0 Å². The normalized spacial score (nSPS) is 27.1. The molecule has 1 aromatic rings. The quantitative estimate of drug-likeness (QED) is 0.647. The van der Waals surface area contributed by atoms with Crippen molar-refractivity contribution in [2.75, 3.05) is 0 Å². The van der Waals surface area contributed by atoms with Crippen LogP contribution in [0.15, 0.2) is 24.3 Å². The Morgan fingerprint density at radius 3 is 2.77 bits per heavy atom. The van der Waals surface area contributed by atoms with Crippen LogP contribution in [-0.4, -0.2) is 5.78 Å². The summed E-state index contributed by atoms with van der Waals surface area (Å²) in [6.07, 6.45) is 1.41.